The third-order valence-electron chi connectivity index (χ3n) is 6.89. The van der Waals surface area contributed by atoms with Gasteiger partial charge in [0.1, 0.15) is 12.4 Å². The lowest BCUT2D eigenvalue weighted by atomic mass is 9.93. The van der Waals surface area contributed by atoms with Gasteiger partial charge in [0.15, 0.2) is 0 Å². The molecule has 1 aliphatic heterocycles. The molecule has 1 aromatic carbocycles. The van der Waals surface area contributed by atoms with Crippen molar-refractivity contribution >= 4 is 35.7 Å². The summed E-state index contributed by atoms with van der Waals surface area (Å²) < 4.78 is 53.6. The van der Waals surface area contributed by atoms with E-state index in [4.69, 9.17) is 9.47 Å². The minimum atomic E-state index is -5.42. The number of amides is 2. The number of esters is 2. The van der Waals surface area contributed by atoms with Crippen molar-refractivity contribution in [3.8, 4) is 0 Å². The Hall–Kier alpha value is -5.26. The third kappa shape index (κ3) is 10.9. The van der Waals surface area contributed by atoms with Crippen molar-refractivity contribution in [1.82, 2.24) is 24.8 Å². The molecular formula is C29H32F3N7O8. The Morgan fingerprint density at radius 3 is 2.55 bits per heavy atom. The first-order valence-electron chi connectivity index (χ1n) is 14.5. The maximum atomic E-state index is 13.1. The van der Waals surface area contributed by atoms with Gasteiger partial charge in [0.05, 0.1) is 12.5 Å². The number of alkyl halides is 3. The molecule has 0 bridgehead atoms. The van der Waals surface area contributed by atoms with Gasteiger partial charge in [-0.15, -0.1) is 0 Å². The number of anilines is 2. The van der Waals surface area contributed by atoms with E-state index in [-0.39, 0.29) is 43.2 Å². The molecule has 2 amide bonds. The normalized spacial score (nSPS) is 14.1. The summed E-state index contributed by atoms with van der Waals surface area (Å²) in [6, 6.07) is 7.23. The molecule has 1 saturated heterocycles. The molecule has 1 fully saturated rings. The summed E-state index contributed by atoms with van der Waals surface area (Å²) >= 11 is 0. The molecule has 2 aromatic heterocycles. The van der Waals surface area contributed by atoms with Gasteiger partial charge in [-0.3, -0.25) is 19.5 Å². The Bertz CT molecular complexity index is 1580. The van der Waals surface area contributed by atoms with Crippen molar-refractivity contribution in [2.75, 3.05) is 30.4 Å². The number of alkyl carbamates (subject to hydrolysis) is 1. The van der Waals surface area contributed by atoms with Crippen LogP contribution in [0.5, 0.6) is 0 Å². The number of nitrogens with zero attached hydrogens (tertiary/aromatic N) is 3. The predicted molar refractivity (Wildman–Crippen MR) is 157 cm³/mol. The summed E-state index contributed by atoms with van der Waals surface area (Å²) in [4.78, 5) is 72.3. The molecule has 47 heavy (non-hydrogen) atoms. The van der Waals surface area contributed by atoms with Gasteiger partial charge >= 0.3 is 29.9 Å². The van der Waals surface area contributed by atoms with Crippen LogP contribution in [0.1, 0.15) is 42.7 Å². The van der Waals surface area contributed by atoms with Crippen LogP contribution in [0, 0.1) is 0 Å². The smallest absolute Gasteiger partial charge is 0.445 e. The van der Waals surface area contributed by atoms with E-state index in [1.54, 1.807) is 36.5 Å². The number of hydrogen-bond donors (Lipinski definition) is 4. The zero-order chi connectivity index (χ0) is 33.8. The predicted octanol–water partition coefficient (Wildman–Crippen LogP) is 2.62. The van der Waals surface area contributed by atoms with Gasteiger partial charge in [0.25, 0.3) is 0 Å². The van der Waals surface area contributed by atoms with E-state index in [9.17, 15) is 37.1 Å². The number of carbonyl (C=O) groups is 4. The van der Waals surface area contributed by atoms with Crippen molar-refractivity contribution < 1.29 is 46.6 Å². The number of H-pyrrole nitrogens is 1. The lowest BCUT2D eigenvalue weighted by Crippen LogP contribution is -2.43. The van der Waals surface area contributed by atoms with Crippen molar-refractivity contribution in [1.29, 1.82) is 0 Å². The first-order valence-corrected chi connectivity index (χ1v) is 14.5. The number of benzene rings is 1. The summed E-state index contributed by atoms with van der Waals surface area (Å²) in [6.07, 6.45) is -1.72. The Labute approximate surface area is 265 Å². The lowest BCUT2D eigenvalue weighted by molar-refractivity contribution is -0.202. The highest BCUT2D eigenvalue weighted by Gasteiger charge is 2.42. The summed E-state index contributed by atoms with van der Waals surface area (Å²) in [5.41, 5.74) is 0.393. The molecule has 0 spiro atoms. The Morgan fingerprint density at radius 2 is 1.87 bits per heavy atom. The molecule has 1 unspecified atom stereocenters. The highest BCUT2D eigenvalue weighted by atomic mass is 19.4. The molecule has 1 atom stereocenters. The Kier molecular flexibility index (Phi) is 12.0. The standard InChI is InChI=1S/C29H32F3N7O8/c30-29(31,32)25(42)47-23(41)14-20(36-28(44)46-17-18-4-2-1-3-5-18)15-39-16-21(19-7-12-45-13-8-19)24(38-27(39)43)33-9-6-22(40)37-26-34-10-11-35-26/h1-5,10-11,16,19-20H,6-9,12-15,17H2,(H,36,44)(H,33,38,43)(H2,34,35,37,40). The van der Waals surface area contributed by atoms with Gasteiger partial charge in [0.2, 0.25) is 11.9 Å². The van der Waals surface area contributed by atoms with Gasteiger partial charge < -0.3 is 29.8 Å². The van der Waals surface area contributed by atoms with Crippen LogP contribution in [-0.2, 0) is 41.7 Å². The quantitative estimate of drug-likeness (QED) is 0.155. The van der Waals surface area contributed by atoms with Crippen LogP contribution in [0.4, 0.5) is 29.7 Å². The van der Waals surface area contributed by atoms with Crippen LogP contribution < -0.4 is 21.6 Å². The SMILES string of the molecule is O=C(CCNc1nc(=O)n(CC(CC(=O)OC(=O)C(F)(F)F)NC(=O)OCc2ccccc2)cc1C1CCOCC1)Nc1ncc[nH]1. The van der Waals surface area contributed by atoms with E-state index in [0.717, 1.165) is 4.57 Å². The number of nitrogens with one attached hydrogen (secondary N) is 4. The summed E-state index contributed by atoms with van der Waals surface area (Å²) in [7, 11) is 0. The third-order valence-corrected chi connectivity index (χ3v) is 6.89. The molecule has 4 rings (SSSR count). The van der Waals surface area contributed by atoms with Crippen LogP contribution in [0.2, 0.25) is 0 Å². The molecular weight excluding hydrogens is 631 g/mol. The zero-order valence-corrected chi connectivity index (χ0v) is 24.9. The van der Waals surface area contributed by atoms with Crippen molar-refractivity contribution in [3.05, 3.63) is 70.5 Å². The van der Waals surface area contributed by atoms with Crippen LogP contribution in [-0.4, -0.2) is 75.4 Å². The van der Waals surface area contributed by atoms with Crippen LogP contribution in [0.3, 0.4) is 0 Å². The molecule has 1 aliphatic rings. The topological polar surface area (TPSA) is 196 Å². The van der Waals surface area contributed by atoms with Crippen LogP contribution in [0.15, 0.2) is 53.7 Å². The summed E-state index contributed by atoms with van der Waals surface area (Å²) in [6.45, 7) is 0.377. The fourth-order valence-electron chi connectivity index (χ4n) is 4.65. The molecule has 15 nitrogen and oxygen atoms in total. The number of imidazole rings is 1. The first-order chi connectivity index (χ1) is 22.5. The highest BCUT2D eigenvalue weighted by Crippen LogP contribution is 2.30. The number of carbonyl (C=O) groups excluding carboxylic acids is 4. The number of hydrogen-bond acceptors (Lipinski definition) is 11. The van der Waals surface area contributed by atoms with Crippen molar-refractivity contribution in [3.63, 3.8) is 0 Å². The van der Waals surface area contributed by atoms with E-state index < -0.39 is 48.9 Å². The second-order valence-corrected chi connectivity index (χ2v) is 10.4. The van der Waals surface area contributed by atoms with Crippen molar-refractivity contribution in [2.45, 2.75) is 57.0 Å². The Morgan fingerprint density at radius 1 is 1.13 bits per heavy atom. The van der Waals surface area contributed by atoms with Crippen LogP contribution >= 0.6 is 0 Å². The molecule has 0 aliphatic carbocycles. The monoisotopic (exact) mass is 663 g/mol. The van der Waals surface area contributed by atoms with Gasteiger partial charge in [-0.25, -0.2) is 19.4 Å². The first kappa shape index (κ1) is 34.6. The minimum absolute atomic E-state index is 0.00846. The minimum Gasteiger partial charge on any atom is -0.445 e. The van der Waals surface area contributed by atoms with E-state index in [0.29, 0.717) is 37.2 Å². The van der Waals surface area contributed by atoms with Crippen LogP contribution in [0.25, 0.3) is 0 Å². The fraction of sp³-hybridized carbons (Fsp3) is 0.414. The van der Waals surface area contributed by atoms with Gasteiger partial charge in [-0.05, 0) is 24.3 Å². The maximum absolute atomic E-state index is 13.1. The highest BCUT2D eigenvalue weighted by molar-refractivity contribution is 5.89. The van der Waals surface area contributed by atoms with E-state index in [2.05, 4.69) is 35.6 Å². The second-order valence-electron chi connectivity index (χ2n) is 10.4. The largest absolute Gasteiger partial charge is 0.491 e. The zero-order valence-electron chi connectivity index (χ0n) is 24.9. The molecule has 252 valence electrons. The fourth-order valence-corrected chi connectivity index (χ4v) is 4.65. The molecule has 0 saturated carbocycles. The average Bonchev–Trinajstić information content (AvgIpc) is 3.54. The average molecular weight is 664 g/mol. The van der Waals surface area contributed by atoms with Crippen molar-refractivity contribution in [2.24, 2.45) is 0 Å². The Balaban J connectivity index is 1.51. The number of halogens is 3. The van der Waals surface area contributed by atoms with E-state index in [1.165, 1.54) is 12.4 Å². The molecule has 4 N–H and O–H groups in total. The maximum Gasteiger partial charge on any atom is 0.491 e. The second kappa shape index (κ2) is 16.3. The molecule has 3 aromatic rings. The van der Waals surface area contributed by atoms with Gasteiger partial charge in [-0.1, -0.05) is 30.3 Å². The molecule has 18 heteroatoms. The number of aromatic amines is 1. The van der Waals surface area contributed by atoms with Gasteiger partial charge in [-0.2, -0.15) is 18.2 Å². The van der Waals surface area contributed by atoms with Gasteiger partial charge in [0, 0.05) is 56.9 Å². The summed E-state index contributed by atoms with van der Waals surface area (Å²) in [5, 5.41) is 7.95. The lowest BCUT2D eigenvalue weighted by Gasteiger charge is -2.26. The summed E-state index contributed by atoms with van der Waals surface area (Å²) in [5.74, 6) is -4.29. The number of rotatable bonds is 13. The number of aromatic nitrogens is 4. The van der Waals surface area contributed by atoms with E-state index >= 15 is 0 Å². The molecule has 3 heterocycles. The number of ether oxygens (including phenoxy) is 3. The molecule has 0 radical (unpaired) electrons. The van der Waals surface area contributed by atoms with E-state index in [1.807, 2.05) is 0 Å².